The molecule has 1 atom stereocenters. The minimum atomic E-state index is -0.891. The molecule has 0 saturated carbocycles. The van der Waals surface area contributed by atoms with Gasteiger partial charge in [-0.25, -0.2) is 9.79 Å². The fourth-order valence-electron chi connectivity index (χ4n) is 4.93. The lowest BCUT2D eigenvalue weighted by atomic mass is 9.95. The number of rotatable bonds is 10. The highest BCUT2D eigenvalue weighted by molar-refractivity contribution is 9.10. The number of nitrogens with one attached hydrogen (secondary N) is 1. The zero-order valence-electron chi connectivity index (χ0n) is 25.6. The van der Waals surface area contributed by atoms with Crippen molar-refractivity contribution < 1.29 is 33.6 Å². The molecule has 2 N–H and O–H groups in total. The quantitative estimate of drug-likeness (QED) is 0.213. The molecule has 1 amide bonds. The molecule has 1 aliphatic heterocycles. The summed E-state index contributed by atoms with van der Waals surface area (Å²) in [7, 11) is 2.74. The Kier molecular flexibility index (Phi) is 10.5. The predicted octanol–water partition coefficient (Wildman–Crippen LogP) is 5.06. The summed E-state index contributed by atoms with van der Waals surface area (Å²) in [6, 6.07) is 14.3. The van der Waals surface area contributed by atoms with Crippen LogP contribution in [-0.4, -0.2) is 49.0 Å². The van der Waals surface area contributed by atoms with Crippen LogP contribution in [0.25, 0.3) is 6.08 Å². The molecule has 0 fully saturated rings. The largest absolute Gasteiger partial charge is 0.504 e. The highest BCUT2D eigenvalue weighted by Gasteiger charge is 2.33. The van der Waals surface area contributed by atoms with E-state index in [1.165, 1.54) is 24.9 Å². The van der Waals surface area contributed by atoms with Crippen LogP contribution in [0.15, 0.2) is 84.6 Å². The first-order valence-electron chi connectivity index (χ1n) is 14.2. The number of amides is 1. The number of aromatic hydroxyl groups is 1. The lowest BCUT2D eigenvalue weighted by molar-refractivity contribution is -0.136. The van der Waals surface area contributed by atoms with Gasteiger partial charge in [0.05, 0.1) is 42.7 Å². The van der Waals surface area contributed by atoms with Crippen LogP contribution in [0.5, 0.6) is 23.0 Å². The molecule has 4 aromatic rings. The number of esters is 1. The molecule has 0 bridgehead atoms. The Hall–Kier alpha value is -4.40. The summed E-state index contributed by atoms with van der Waals surface area (Å²) in [5.41, 5.74) is 1.95. The number of allylic oxidation sites excluding steroid dienone is 1. The summed E-state index contributed by atoms with van der Waals surface area (Å²) in [5.74, 6) is -0.174. The van der Waals surface area contributed by atoms with Crippen molar-refractivity contribution in [3.05, 3.63) is 106 Å². The highest BCUT2D eigenvalue weighted by atomic mass is 79.9. The van der Waals surface area contributed by atoms with E-state index >= 15 is 0 Å². The van der Waals surface area contributed by atoms with Gasteiger partial charge in [0, 0.05) is 14.6 Å². The van der Waals surface area contributed by atoms with E-state index in [0.717, 1.165) is 15.8 Å². The molecule has 1 aliphatic rings. The van der Waals surface area contributed by atoms with Crippen molar-refractivity contribution in [3.63, 3.8) is 0 Å². The number of nitrogens with zero attached hydrogens (tertiary/aromatic N) is 2. The summed E-state index contributed by atoms with van der Waals surface area (Å²) < 4.78 is 25.2. The molecule has 5 rings (SSSR count). The third-order valence-corrected chi connectivity index (χ3v) is 9.28. The van der Waals surface area contributed by atoms with Gasteiger partial charge in [-0.1, -0.05) is 49.3 Å². The standard InChI is InChI=1S/C33H29Br2N3O8S/c1-5-45-24-12-18(6-11-23(24)39)30-29(32(42)44-4)17(2)36-33-38(30)31(41)27(47-33)14-19-13-25(43-3)26(15-22(19)35)46-16-28(40)37-21-9-7-20(34)8-10-21/h6-15,30,39H,5,16H2,1-4H3,(H,37,40)/b27-14+. The molecule has 2 heterocycles. The van der Waals surface area contributed by atoms with Crippen LogP contribution < -0.4 is 34.4 Å². The van der Waals surface area contributed by atoms with E-state index in [4.69, 9.17) is 18.9 Å². The molecule has 244 valence electrons. The lowest BCUT2D eigenvalue weighted by Crippen LogP contribution is -2.39. The average molecular weight is 787 g/mol. The van der Waals surface area contributed by atoms with Crippen molar-refractivity contribution >= 4 is 66.8 Å². The predicted molar refractivity (Wildman–Crippen MR) is 184 cm³/mol. The molecule has 3 aromatic carbocycles. The van der Waals surface area contributed by atoms with Crippen LogP contribution in [0.2, 0.25) is 0 Å². The first kappa shape index (κ1) is 33.9. The van der Waals surface area contributed by atoms with Gasteiger partial charge in [-0.3, -0.25) is 14.2 Å². The molecule has 47 heavy (non-hydrogen) atoms. The van der Waals surface area contributed by atoms with Crippen molar-refractivity contribution in [3.8, 4) is 23.0 Å². The Morgan fingerprint density at radius 1 is 1.04 bits per heavy atom. The van der Waals surface area contributed by atoms with Crippen LogP contribution in [-0.2, 0) is 14.3 Å². The SMILES string of the molecule is CCOc1cc(C2C(C(=O)OC)=C(C)N=c3s/c(=C/c4cc(OC)c(OCC(=O)Nc5ccc(Br)cc5)cc4Br)c(=O)n32)ccc1O. The second-order valence-corrected chi connectivity index (χ2v) is 12.9. The van der Waals surface area contributed by atoms with Crippen molar-refractivity contribution in [1.29, 1.82) is 0 Å². The molecule has 1 aromatic heterocycles. The van der Waals surface area contributed by atoms with Crippen LogP contribution in [0.4, 0.5) is 5.69 Å². The fourth-order valence-corrected chi connectivity index (χ4v) is 6.67. The van der Waals surface area contributed by atoms with Crippen molar-refractivity contribution in [1.82, 2.24) is 4.57 Å². The van der Waals surface area contributed by atoms with E-state index in [9.17, 15) is 19.5 Å². The van der Waals surface area contributed by atoms with Crippen molar-refractivity contribution in [2.75, 3.05) is 32.8 Å². The number of hydrogen-bond acceptors (Lipinski definition) is 10. The minimum Gasteiger partial charge on any atom is -0.504 e. The monoisotopic (exact) mass is 785 g/mol. The third-order valence-electron chi connectivity index (χ3n) is 7.08. The fraction of sp³-hybridized carbons (Fsp3) is 0.212. The summed E-state index contributed by atoms with van der Waals surface area (Å²) in [6.07, 6.45) is 1.68. The number of hydrogen-bond donors (Lipinski definition) is 2. The lowest BCUT2D eigenvalue weighted by Gasteiger charge is -2.24. The topological polar surface area (TPSA) is 138 Å². The van der Waals surface area contributed by atoms with Crippen molar-refractivity contribution in [2.45, 2.75) is 19.9 Å². The second kappa shape index (κ2) is 14.6. The molecule has 0 saturated heterocycles. The maximum Gasteiger partial charge on any atom is 0.338 e. The molecule has 1 unspecified atom stereocenters. The number of thiazole rings is 1. The number of carbonyl (C=O) groups is 2. The summed E-state index contributed by atoms with van der Waals surface area (Å²) in [4.78, 5) is 44.5. The van der Waals surface area contributed by atoms with Gasteiger partial charge < -0.3 is 29.4 Å². The number of phenols is 1. The average Bonchev–Trinajstić information content (AvgIpc) is 3.35. The van der Waals surface area contributed by atoms with Gasteiger partial charge in [0.1, 0.15) is 0 Å². The van der Waals surface area contributed by atoms with E-state index in [1.54, 1.807) is 56.3 Å². The van der Waals surface area contributed by atoms with Crippen LogP contribution >= 0.6 is 43.2 Å². The number of ether oxygens (including phenoxy) is 4. The summed E-state index contributed by atoms with van der Waals surface area (Å²) in [5, 5.41) is 13.1. The van der Waals surface area contributed by atoms with Gasteiger partial charge in [0.25, 0.3) is 11.5 Å². The maximum absolute atomic E-state index is 14.0. The highest BCUT2D eigenvalue weighted by Crippen LogP contribution is 2.36. The number of benzene rings is 3. The minimum absolute atomic E-state index is 0.0697. The molecular formula is C33H29Br2N3O8S. The first-order valence-corrected chi connectivity index (χ1v) is 16.6. The number of halogens is 2. The van der Waals surface area contributed by atoms with Crippen LogP contribution in [0.1, 0.15) is 31.0 Å². The van der Waals surface area contributed by atoms with E-state index in [-0.39, 0.29) is 29.6 Å². The number of aromatic nitrogens is 1. The number of carbonyl (C=O) groups excluding carboxylic acids is 2. The third kappa shape index (κ3) is 7.29. The number of anilines is 1. The van der Waals surface area contributed by atoms with Gasteiger partial charge in [-0.15, -0.1) is 0 Å². The van der Waals surface area contributed by atoms with E-state index in [1.807, 2.05) is 12.1 Å². The zero-order valence-corrected chi connectivity index (χ0v) is 29.6. The molecule has 14 heteroatoms. The Morgan fingerprint density at radius 2 is 1.79 bits per heavy atom. The zero-order chi connectivity index (χ0) is 33.8. The van der Waals surface area contributed by atoms with Gasteiger partial charge in [-0.2, -0.15) is 0 Å². The molecule has 0 radical (unpaired) electrons. The molecule has 0 aliphatic carbocycles. The summed E-state index contributed by atoms with van der Waals surface area (Å²) >= 11 is 8.07. The number of methoxy groups -OCH3 is 2. The molecule has 0 spiro atoms. The van der Waals surface area contributed by atoms with Gasteiger partial charge in [0.2, 0.25) is 0 Å². The Balaban J connectivity index is 1.51. The first-order chi connectivity index (χ1) is 22.5. The van der Waals surface area contributed by atoms with Gasteiger partial charge in [-0.05, 0) is 79.6 Å². The second-order valence-electron chi connectivity index (χ2n) is 10.1. The van der Waals surface area contributed by atoms with Crippen LogP contribution in [0.3, 0.4) is 0 Å². The number of fused-ring (bicyclic) bond motifs is 1. The normalized spacial score (nSPS) is 14.3. The summed E-state index contributed by atoms with van der Waals surface area (Å²) in [6.45, 7) is 3.51. The smallest absolute Gasteiger partial charge is 0.338 e. The Labute approximate surface area is 290 Å². The Morgan fingerprint density at radius 3 is 2.47 bits per heavy atom. The van der Waals surface area contributed by atoms with E-state index in [0.29, 0.717) is 54.4 Å². The van der Waals surface area contributed by atoms with E-state index in [2.05, 4.69) is 42.2 Å². The molecular weight excluding hydrogens is 758 g/mol. The Bertz CT molecular complexity index is 2070. The van der Waals surface area contributed by atoms with Crippen LogP contribution in [0, 0.1) is 0 Å². The maximum atomic E-state index is 14.0. The van der Waals surface area contributed by atoms with E-state index < -0.39 is 17.6 Å². The number of phenolic OH excluding ortho intramolecular Hbond substituents is 1. The molecule has 11 nitrogen and oxygen atoms in total. The van der Waals surface area contributed by atoms with Crippen molar-refractivity contribution in [2.24, 2.45) is 4.99 Å². The van der Waals surface area contributed by atoms with Gasteiger partial charge in [0.15, 0.2) is 34.4 Å². The van der Waals surface area contributed by atoms with Gasteiger partial charge >= 0.3 is 5.97 Å².